The molecule has 1 aromatic carbocycles. The maximum atomic E-state index is 5.43. The Morgan fingerprint density at radius 2 is 2.07 bits per heavy atom. The van der Waals surface area contributed by atoms with E-state index in [1.807, 2.05) is 12.1 Å². The first-order chi connectivity index (χ1) is 6.86. The Bertz CT molecular complexity index is 260. The second kappa shape index (κ2) is 6.44. The fourth-order valence-electron chi connectivity index (χ4n) is 1.48. The highest BCUT2D eigenvalue weighted by Gasteiger charge is 1.95. The van der Waals surface area contributed by atoms with Gasteiger partial charge < -0.3 is 10.5 Å². The molecule has 2 nitrogen and oxygen atoms in total. The van der Waals surface area contributed by atoms with Gasteiger partial charge in [0.2, 0.25) is 0 Å². The van der Waals surface area contributed by atoms with Crippen LogP contribution >= 0.6 is 0 Å². The second-order valence-corrected chi connectivity index (χ2v) is 3.45. The van der Waals surface area contributed by atoms with Gasteiger partial charge in [0.1, 0.15) is 5.75 Å². The molecule has 14 heavy (non-hydrogen) atoms. The summed E-state index contributed by atoms with van der Waals surface area (Å²) >= 11 is 0. The van der Waals surface area contributed by atoms with Gasteiger partial charge in [-0.05, 0) is 43.5 Å². The van der Waals surface area contributed by atoms with Gasteiger partial charge in [-0.25, -0.2) is 0 Å². The van der Waals surface area contributed by atoms with Crippen LogP contribution in [0.25, 0.3) is 0 Å². The molecule has 0 bridgehead atoms. The topological polar surface area (TPSA) is 35.2 Å². The first-order valence-corrected chi connectivity index (χ1v) is 5.20. The molecule has 2 N–H and O–H groups in total. The Morgan fingerprint density at radius 1 is 1.21 bits per heavy atom. The van der Waals surface area contributed by atoms with Crippen molar-refractivity contribution in [3.8, 4) is 5.75 Å². The molecule has 1 aromatic rings. The molecule has 2 heteroatoms. The van der Waals surface area contributed by atoms with Crippen LogP contribution in [-0.4, -0.2) is 13.7 Å². The van der Waals surface area contributed by atoms with Gasteiger partial charge in [-0.2, -0.15) is 0 Å². The van der Waals surface area contributed by atoms with E-state index >= 15 is 0 Å². The quantitative estimate of drug-likeness (QED) is 0.704. The summed E-state index contributed by atoms with van der Waals surface area (Å²) in [7, 11) is 1.70. The van der Waals surface area contributed by atoms with Crippen molar-refractivity contribution in [2.75, 3.05) is 13.7 Å². The molecule has 0 heterocycles. The molecule has 0 unspecified atom stereocenters. The third-order valence-electron chi connectivity index (χ3n) is 2.30. The molecule has 0 fully saturated rings. The second-order valence-electron chi connectivity index (χ2n) is 3.45. The summed E-state index contributed by atoms with van der Waals surface area (Å²) in [5.74, 6) is 0.946. The van der Waals surface area contributed by atoms with Crippen molar-refractivity contribution in [1.29, 1.82) is 0 Å². The third kappa shape index (κ3) is 3.79. The maximum Gasteiger partial charge on any atom is 0.119 e. The summed E-state index contributed by atoms with van der Waals surface area (Å²) in [6, 6.07) is 8.26. The first-order valence-electron chi connectivity index (χ1n) is 5.20. The lowest BCUT2D eigenvalue weighted by atomic mass is 10.1. The van der Waals surface area contributed by atoms with E-state index in [9.17, 15) is 0 Å². The van der Waals surface area contributed by atoms with Crippen molar-refractivity contribution in [3.05, 3.63) is 29.8 Å². The van der Waals surface area contributed by atoms with Crippen molar-refractivity contribution < 1.29 is 4.74 Å². The van der Waals surface area contributed by atoms with Crippen LogP contribution in [0.3, 0.4) is 0 Å². The van der Waals surface area contributed by atoms with E-state index in [0.717, 1.165) is 25.1 Å². The molecule has 0 saturated heterocycles. The molecule has 0 aromatic heterocycles. The number of unbranched alkanes of at least 4 members (excludes halogenated alkanes) is 2. The van der Waals surface area contributed by atoms with Crippen molar-refractivity contribution in [3.63, 3.8) is 0 Å². The number of methoxy groups -OCH3 is 1. The maximum absolute atomic E-state index is 5.43. The molecule has 0 spiro atoms. The zero-order valence-electron chi connectivity index (χ0n) is 8.83. The van der Waals surface area contributed by atoms with Crippen LogP contribution in [0.5, 0.6) is 5.75 Å². The standard InChI is InChI=1S/C12H19NO/c1-14-12-8-5-7-11(10-12)6-3-2-4-9-13/h5,7-8,10H,2-4,6,9,13H2,1H3. The molecule has 0 aliphatic carbocycles. The van der Waals surface area contributed by atoms with Gasteiger partial charge in [-0.3, -0.25) is 0 Å². The third-order valence-corrected chi connectivity index (χ3v) is 2.30. The predicted octanol–water partition coefficient (Wildman–Crippen LogP) is 2.37. The van der Waals surface area contributed by atoms with Gasteiger partial charge in [0.15, 0.2) is 0 Å². The Morgan fingerprint density at radius 3 is 2.79 bits per heavy atom. The molecule has 0 amide bonds. The van der Waals surface area contributed by atoms with E-state index in [1.54, 1.807) is 7.11 Å². The van der Waals surface area contributed by atoms with Gasteiger partial charge in [-0.1, -0.05) is 18.6 Å². The fraction of sp³-hybridized carbons (Fsp3) is 0.500. The summed E-state index contributed by atoms with van der Waals surface area (Å²) in [6.45, 7) is 0.804. The van der Waals surface area contributed by atoms with Gasteiger partial charge >= 0.3 is 0 Å². The normalized spacial score (nSPS) is 10.1. The molecule has 0 atom stereocenters. The molecule has 1 rings (SSSR count). The number of ether oxygens (including phenoxy) is 1. The van der Waals surface area contributed by atoms with Gasteiger partial charge in [0, 0.05) is 0 Å². The first kappa shape index (κ1) is 11.1. The molecule has 0 radical (unpaired) electrons. The average molecular weight is 193 g/mol. The highest BCUT2D eigenvalue weighted by molar-refractivity contribution is 5.28. The summed E-state index contributed by atoms with van der Waals surface area (Å²) in [4.78, 5) is 0. The smallest absolute Gasteiger partial charge is 0.119 e. The van der Waals surface area contributed by atoms with Crippen molar-refractivity contribution in [2.24, 2.45) is 5.73 Å². The number of rotatable bonds is 6. The van der Waals surface area contributed by atoms with E-state index in [0.29, 0.717) is 0 Å². The molecule has 0 saturated carbocycles. The number of hydrogen-bond acceptors (Lipinski definition) is 2. The molecule has 0 aliphatic heterocycles. The minimum absolute atomic E-state index is 0.804. The van der Waals surface area contributed by atoms with Crippen LogP contribution in [0.1, 0.15) is 24.8 Å². The van der Waals surface area contributed by atoms with E-state index in [1.165, 1.54) is 18.4 Å². The summed E-state index contributed by atoms with van der Waals surface area (Å²) < 4.78 is 5.16. The Kier molecular flexibility index (Phi) is 5.08. The van der Waals surface area contributed by atoms with Gasteiger partial charge in [0.05, 0.1) is 7.11 Å². The SMILES string of the molecule is COc1cccc(CCCCCN)c1. The highest BCUT2D eigenvalue weighted by Crippen LogP contribution is 2.14. The van der Waals surface area contributed by atoms with Crippen LogP contribution < -0.4 is 10.5 Å². The zero-order valence-corrected chi connectivity index (χ0v) is 8.83. The predicted molar refractivity (Wildman–Crippen MR) is 59.6 cm³/mol. The number of aryl methyl sites for hydroxylation is 1. The van der Waals surface area contributed by atoms with E-state index < -0.39 is 0 Å². The summed E-state index contributed by atoms with van der Waals surface area (Å²) in [6.07, 6.45) is 4.68. The van der Waals surface area contributed by atoms with Crippen molar-refractivity contribution in [1.82, 2.24) is 0 Å². The molecular weight excluding hydrogens is 174 g/mol. The highest BCUT2D eigenvalue weighted by atomic mass is 16.5. The lowest BCUT2D eigenvalue weighted by Gasteiger charge is -2.03. The average Bonchev–Trinajstić information content (AvgIpc) is 2.25. The van der Waals surface area contributed by atoms with Crippen LogP contribution in [0.2, 0.25) is 0 Å². The Balaban J connectivity index is 2.34. The van der Waals surface area contributed by atoms with E-state index in [2.05, 4.69) is 12.1 Å². The molecule has 78 valence electrons. The van der Waals surface area contributed by atoms with Gasteiger partial charge in [0.25, 0.3) is 0 Å². The minimum atomic E-state index is 0.804. The molecular formula is C12H19NO. The van der Waals surface area contributed by atoms with Crippen LogP contribution in [0.4, 0.5) is 0 Å². The number of benzene rings is 1. The Labute approximate surface area is 86.1 Å². The lowest BCUT2D eigenvalue weighted by molar-refractivity contribution is 0.414. The Hall–Kier alpha value is -1.02. The largest absolute Gasteiger partial charge is 0.497 e. The van der Waals surface area contributed by atoms with Crippen molar-refractivity contribution >= 4 is 0 Å². The zero-order chi connectivity index (χ0) is 10.2. The summed E-state index contributed by atoms with van der Waals surface area (Å²) in [5, 5.41) is 0. The molecule has 0 aliphatic rings. The fourth-order valence-corrected chi connectivity index (χ4v) is 1.48. The van der Waals surface area contributed by atoms with Crippen LogP contribution in [0, 0.1) is 0 Å². The van der Waals surface area contributed by atoms with Crippen LogP contribution in [0.15, 0.2) is 24.3 Å². The lowest BCUT2D eigenvalue weighted by Crippen LogP contribution is -1.98. The summed E-state index contributed by atoms with van der Waals surface area (Å²) in [5.41, 5.74) is 6.78. The number of hydrogen-bond donors (Lipinski definition) is 1. The van der Waals surface area contributed by atoms with Crippen LogP contribution in [-0.2, 0) is 6.42 Å². The minimum Gasteiger partial charge on any atom is -0.497 e. The van der Waals surface area contributed by atoms with Gasteiger partial charge in [-0.15, -0.1) is 0 Å². The monoisotopic (exact) mass is 193 g/mol. The van der Waals surface area contributed by atoms with E-state index in [4.69, 9.17) is 10.5 Å². The number of nitrogens with two attached hydrogens (primary N) is 1. The van der Waals surface area contributed by atoms with Crippen molar-refractivity contribution in [2.45, 2.75) is 25.7 Å². The van der Waals surface area contributed by atoms with E-state index in [-0.39, 0.29) is 0 Å².